The molecule has 0 N–H and O–H groups in total. The molecule has 4 aromatic rings. The molecule has 0 aliphatic rings. The fourth-order valence-corrected chi connectivity index (χ4v) is 4.07. The predicted molar refractivity (Wildman–Crippen MR) is 110 cm³/mol. The Morgan fingerprint density at radius 3 is 2.73 bits per heavy atom. The summed E-state index contributed by atoms with van der Waals surface area (Å²) in [5.74, 6) is -0.683. The molecule has 6 nitrogen and oxygen atoms in total. The van der Waals surface area contributed by atoms with E-state index >= 15 is 0 Å². The zero-order chi connectivity index (χ0) is 21.3. The monoisotopic (exact) mass is 419 g/mol. The number of fused-ring (bicyclic) bond motifs is 1. The summed E-state index contributed by atoms with van der Waals surface area (Å²) in [5, 5.41) is 9.19. The van der Waals surface area contributed by atoms with E-state index in [0.29, 0.717) is 32.7 Å². The van der Waals surface area contributed by atoms with Gasteiger partial charge in [0.15, 0.2) is 0 Å². The fraction of sp³-hybridized carbons (Fsp3) is 0.0909. The van der Waals surface area contributed by atoms with Gasteiger partial charge in [0.1, 0.15) is 21.3 Å². The number of carbonyl (C=O) groups excluding carboxylic acids is 1. The van der Waals surface area contributed by atoms with Crippen molar-refractivity contribution in [1.82, 2.24) is 9.55 Å². The van der Waals surface area contributed by atoms with Gasteiger partial charge in [0.25, 0.3) is 5.56 Å². The molecule has 0 aliphatic carbocycles. The Hall–Kier alpha value is -3.83. The number of halogens is 1. The van der Waals surface area contributed by atoms with Crippen molar-refractivity contribution in [2.45, 2.75) is 13.5 Å². The number of nitriles is 1. The number of carbonyl (C=O) groups is 1. The van der Waals surface area contributed by atoms with Crippen LogP contribution in [0.2, 0.25) is 0 Å². The van der Waals surface area contributed by atoms with E-state index in [-0.39, 0.29) is 22.8 Å². The van der Waals surface area contributed by atoms with Crippen LogP contribution in [-0.4, -0.2) is 15.5 Å². The molecule has 0 amide bonds. The first-order chi connectivity index (χ1) is 14.5. The fourth-order valence-electron chi connectivity index (χ4n) is 3.05. The van der Waals surface area contributed by atoms with Crippen LogP contribution < -0.4 is 10.3 Å². The van der Waals surface area contributed by atoms with Gasteiger partial charge in [-0.1, -0.05) is 12.1 Å². The summed E-state index contributed by atoms with van der Waals surface area (Å²) in [6, 6.07) is 14.1. The lowest BCUT2D eigenvalue weighted by Gasteiger charge is -2.06. The second kappa shape index (κ2) is 7.89. The zero-order valence-electron chi connectivity index (χ0n) is 15.8. The normalized spacial score (nSPS) is 10.7. The first-order valence-corrected chi connectivity index (χ1v) is 9.73. The summed E-state index contributed by atoms with van der Waals surface area (Å²) < 4.78 is 20.2. The van der Waals surface area contributed by atoms with Crippen molar-refractivity contribution in [2.75, 3.05) is 0 Å². The molecule has 0 bridgehead atoms. The summed E-state index contributed by atoms with van der Waals surface area (Å²) in [6.07, 6.45) is 1.39. The van der Waals surface area contributed by atoms with E-state index in [9.17, 15) is 14.0 Å². The molecular weight excluding hydrogens is 405 g/mol. The molecule has 30 heavy (non-hydrogen) atoms. The van der Waals surface area contributed by atoms with E-state index in [1.807, 2.05) is 6.07 Å². The third-order valence-corrected chi connectivity index (χ3v) is 5.72. The minimum Gasteiger partial charge on any atom is -0.422 e. The molecule has 2 aromatic carbocycles. The Morgan fingerprint density at radius 2 is 2.03 bits per heavy atom. The number of aryl methyl sites for hydroxylation is 1. The third kappa shape index (κ3) is 3.71. The summed E-state index contributed by atoms with van der Waals surface area (Å²) in [7, 11) is 0. The van der Waals surface area contributed by atoms with E-state index in [1.165, 1.54) is 35.2 Å². The van der Waals surface area contributed by atoms with Crippen LogP contribution in [0.25, 0.3) is 10.2 Å². The molecule has 2 aromatic heterocycles. The van der Waals surface area contributed by atoms with Gasteiger partial charge in [-0.15, -0.1) is 11.3 Å². The van der Waals surface area contributed by atoms with Crippen LogP contribution in [0.4, 0.5) is 4.39 Å². The summed E-state index contributed by atoms with van der Waals surface area (Å²) in [4.78, 5) is 30.6. The van der Waals surface area contributed by atoms with Gasteiger partial charge in [-0.3, -0.25) is 9.36 Å². The number of hydrogen-bond donors (Lipinski definition) is 0. The maximum atomic E-state index is 13.4. The second-order valence-electron chi connectivity index (χ2n) is 6.57. The minimum absolute atomic E-state index is 0.167. The van der Waals surface area contributed by atoms with Gasteiger partial charge in [-0.2, -0.15) is 5.26 Å². The molecule has 148 valence electrons. The summed E-state index contributed by atoms with van der Waals surface area (Å²) in [5.41, 5.74) is 1.26. The molecule has 0 aliphatic heterocycles. The van der Waals surface area contributed by atoms with Crippen LogP contribution in [0.1, 0.15) is 26.4 Å². The highest BCUT2D eigenvalue weighted by molar-refractivity contribution is 7.20. The zero-order valence-corrected chi connectivity index (χ0v) is 16.6. The number of aromatic nitrogens is 2. The standard InChI is InChI=1S/C22H14FN3O3S/c1-13-18-20(25-12-26(21(18)27)11-15-3-2-4-16(23)9-15)30-19(13)22(28)29-17-7-5-14(10-24)6-8-17/h2-9,12H,11H2,1H3. The minimum atomic E-state index is -0.601. The number of esters is 1. The lowest BCUT2D eigenvalue weighted by molar-refractivity contribution is 0.0739. The van der Waals surface area contributed by atoms with Crippen LogP contribution >= 0.6 is 11.3 Å². The first-order valence-electron chi connectivity index (χ1n) is 8.91. The molecular formula is C22H14FN3O3S. The average molecular weight is 419 g/mol. The molecule has 0 spiro atoms. The Kier molecular flexibility index (Phi) is 5.12. The quantitative estimate of drug-likeness (QED) is 0.368. The van der Waals surface area contributed by atoms with E-state index in [1.54, 1.807) is 31.2 Å². The molecule has 8 heteroatoms. The highest BCUT2D eigenvalue weighted by Gasteiger charge is 2.21. The van der Waals surface area contributed by atoms with E-state index < -0.39 is 5.97 Å². The third-order valence-electron chi connectivity index (χ3n) is 4.54. The molecule has 0 fully saturated rings. The number of rotatable bonds is 4. The van der Waals surface area contributed by atoms with Crippen molar-refractivity contribution in [3.63, 3.8) is 0 Å². The highest BCUT2D eigenvalue weighted by atomic mass is 32.1. The van der Waals surface area contributed by atoms with Gasteiger partial charge in [-0.25, -0.2) is 14.2 Å². The molecule has 0 saturated heterocycles. The summed E-state index contributed by atoms with van der Waals surface area (Å²) >= 11 is 1.08. The van der Waals surface area contributed by atoms with Crippen LogP contribution in [-0.2, 0) is 6.54 Å². The van der Waals surface area contributed by atoms with Crippen LogP contribution in [0.5, 0.6) is 5.75 Å². The summed E-state index contributed by atoms with van der Waals surface area (Å²) in [6.45, 7) is 1.84. The Bertz CT molecular complexity index is 1370. The van der Waals surface area contributed by atoms with Crippen molar-refractivity contribution in [1.29, 1.82) is 5.26 Å². The van der Waals surface area contributed by atoms with Crippen molar-refractivity contribution < 1.29 is 13.9 Å². The molecule has 0 radical (unpaired) electrons. The number of thiophene rings is 1. The maximum absolute atomic E-state index is 13.4. The Labute approximate surface area is 174 Å². The molecule has 0 atom stereocenters. The lowest BCUT2D eigenvalue weighted by Crippen LogP contribution is -2.21. The number of hydrogen-bond acceptors (Lipinski definition) is 6. The van der Waals surface area contributed by atoms with Crippen LogP contribution in [0.3, 0.4) is 0 Å². The largest absolute Gasteiger partial charge is 0.422 e. The predicted octanol–water partition coefficient (Wildman–Crippen LogP) is 4.04. The van der Waals surface area contributed by atoms with Gasteiger partial charge in [0, 0.05) is 0 Å². The van der Waals surface area contributed by atoms with Crippen molar-refractivity contribution in [3.05, 3.63) is 92.6 Å². The molecule has 0 saturated carbocycles. The Morgan fingerprint density at radius 1 is 1.27 bits per heavy atom. The SMILES string of the molecule is Cc1c(C(=O)Oc2ccc(C#N)cc2)sc2ncn(Cc3cccc(F)c3)c(=O)c12. The van der Waals surface area contributed by atoms with Crippen LogP contribution in [0, 0.1) is 24.1 Å². The maximum Gasteiger partial charge on any atom is 0.354 e. The Balaban J connectivity index is 1.66. The van der Waals surface area contributed by atoms with Gasteiger partial charge >= 0.3 is 5.97 Å². The van der Waals surface area contributed by atoms with E-state index in [2.05, 4.69) is 4.98 Å². The first kappa shape index (κ1) is 19.5. The number of benzene rings is 2. The van der Waals surface area contributed by atoms with E-state index in [0.717, 1.165) is 11.3 Å². The molecule has 4 rings (SSSR count). The lowest BCUT2D eigenvalue weighted by atomic mass is 10.2. The van der Waals surface area contributed by atoms with Crippen molar-refractivity contribution in [2.24, 2.45) is 0 Å². The topological polar surface area (TPSA) is 85.0 Å². The average Bonchev–Trinajstić information content (AvgIpc) is 3.08. The van der Waals surface area contributed by atoms with Gasteiger partial charge in [0.2, 0.25) is 0 Å². The second-order valence-corrected chi connectivity index (χ2v) is 7.57. The van der Waals surface area contributed by atoms with Crippen LogP contribution in [0.15, 0.2) is 59.7 Å². The van der Waals surface area contributed by atoms with E-state index in [4.69, 9.17) is 10.00 Å². The van der Waals surface area contributed by atoms with Gasteiger partial charge < -0.3 is 4.74 Å². The highest BCUT2D eigenvalue weighted by Crippen LogP contribution is 2.28. The molecule has 2 heterocycles. The molecule has 0 unspecified atom stereocenters. The van der Waals surface area contributed by atoms with Gasteiger partial charge in [0.05, 0.1) is 29.9 Å². The smallest absolute Gasteiger partial charge is 0.354 e. The van der Waals surface area contributed by atoms with Gasteiger partial charge in [-0.05, 0) is 54.4 Å². The van der Waals surface area contributed by atoms with Crippen molar-refractivity contribution in [3.8, 4) is 11.8 Å². The number of ether oxygens (including phenoxy) is 1. The number of nitrogens with zero attached hydrogens (tertiary/aromatic N) is 3. The van der Waals surface area contributed by atoms with Crippen molar-refractivity contribution >= 4 is 27.5 Å².